The molecule has 1 aliphatic heterocycles. The van der Waals surface area contributed by atoms with Gasteiger partial charge < -0.3 is 9.15 Å². The van der Waals surface area contributed by atoms with Gasteiger partial charge in [0.15, 0.2) is 5.76 Å². The van der Waals surface area contributed by atoms with Crippen molar-refractivity contribution in [3.8, 4) is 0 Å². The van der Waals surface area contributed by atoms with Crippen molar-refractivity contribution in [3.63, 3.8) is 0 Å². The molecule has 0 bridgehead atoms. The summed E-state index contributed by atoms with van der Waals surface area (Å²) in [5.74, 6) is 5.09. The van der Waals surface area contributed by atoms with Gasteiger partial charge in [0.2, 0.25) is 0 Å². The predicted octanol–water partition coefficient (Wildman–Crippen LogP) is 0.636. The number of hydrogen-bond acceptors (Lipinski definition) is 5. The van der Waals surface area contributed by atoms with Crippen molar-refractivity contribution in [2.24, 2.45) is 5.84 Å². The fraction of sp³-hybridized carbons (Fsp3) is 0.615. The number of rotatable bonds is 3. The molecule has 1 aromatic heterocycles. The molecule has 0 spiro atoms. The second-order valence-corrected chi connectivity index (χ2v) is 5.13. The Hall–Kier alpha value is -1.37. The topological polar surface area (TPSA) is 80.7 Å². The highest BCUT2D eigenvalue weighted by Crippen LogP contribution is 2.31. The Morgan fingerprint density at radius 2 is 2.42 bits per heavy atom. The second kappa shape index (κ2) is 5.32. The van der Waals surface area contributed by atoms with Crippen LogP contribution in [0.2, 0.25) is 0 Å². The highest BCUT2D eigenvalue weighted by atomic mass is 16.5. The van der Waals surface area contributed by atoms with E-state index in [1.165, 1.54) is 19.1 Å². The Labute approximate surface area is 111 Å². The number of hydrazine groups is 1. The number of fused-ring (bicyclic) bond motifs is 1. The Morgan fingerprint density at radius 1 is 1.53 bits per heavy atom. The molecule has 2 fully saturated rings. The summed E-state index contributed by atoms with van der Waals surface area (Å²) >= 11 is 0. The monoisotopic (exact) mass is 265 g/mol. The smallest absolute Gasteiger partial charge is 0.301 e. The van der Waals surface area contributed by atoms with Crippen molar-refractivity contribution in [1.82, 2.24) is 10.3 Å². The van der Waals surface area contributed by atoms with E-state index in [0.717, 1.165) is 25.1 Å². The van der Waals surface area contributed by atoms with Crippen LogP contribution in [0.25, 0.3) is 0 Å². The molecule has 2 atom stereocenters. The molecule has 1 aromatic rings. The lowest BCUT2D eigenvalue weighted by Gasteiger charge is -2.37. The lowest BCUT2D eigenvalue weighted by molar-refractivity contribution is -0.0589. The van der Waals surface area contributed by atoms with Gasteiger partial charge in [0, 0.05) is 24.7 Å². The van der Waals surface area contributed by atoms with E-state index in [1.54, 1.807) is 0 Å². The highest BCUT2D eigenvalue weighted by molar-refractivity contribution is 5.92. The third-order valence-electron chi connectivity index (χ3n) is 4.05. The van der Waals surface area contributed by atoms with Gasteiger partial charge in [-0.15, -0.1) is 0 Å². The standard InChI is InChI=1S/C13H19N3O3/c14-15-13(17)12-9(4-6-19-12)8-16-5-7-18-11-3-1-2-10(11)16/h4,6,10-11H,1-3,5,7-8,14H2,(H,15,17). The third kappa shape index (κ3) is 2.39. The molecule has 2 aliphatic rings. The molecular weight excluding hydrogens is 246 g/mol. The van der Waals surface area contributed by atoms with Gasteiger partial charge in [-0.2, -0.15) is 0 Å². The predicted molar refractivity (Wildman–Crippen MR) is 68.2 cm³/mol. The van der Waals surface area contributed by atoms with Crippen LogP contribution in [0, 0.1) is 0 Å². The summed E-state index contributed by atoms with van der Waals surface area (Å²) in [5.41, 5.74) is 3.00. The van der Waals surface area contributed by atoms with Gasteiger partial charge >= 0.3 is 5.91 Å². The van der Waals surface area contributed by atoms with E-state index in [1.807, 2.05) is 6.07 Å². The van der Waals surface area contributed by atoms with E-state index < -0.39 is 0 Å². The van der Waals surface area contributed by atoms with Crippen LogP contribution in [-0.4, -0.2) is 36.1 Å². The van der Waals surface area contributed by atoms with Crippen LogP contribution in [0.4, 0.5) is 0 Å². The van der Waals surface area contributed by atoms with E-state index in [-0.39, 0.29) is 5.91 Å². The molecule has 1 saturated carbocycles. The minimum atomic E-state index is -0.378. The molecule has 3 N–H and O–H groups in total. The minimum absolute atomic E-state index is 0.309. The summed E-state index contributed by atoms with van der Waals surface area (Å²) in [6.45, 7) is 2.37. The van der Waals surface area contributed by atoms with Crippen LogP contribution in [0.15, 0.2) is 16.7 Å². The first-order valence-electron chi connectivity index (χ1n) is 6.72. The van der Waals surface area contributed by atoms with Gasteiger partial charge in [-0.1, -0.05) is 0 Å². The van der Waals surface area contributed by atoms with Gasteiger partial charge in [0.1, 0.15) is 0 Å². The largest absolute Gasteiger partial charge is 0.459 e. The average molecular weight is 265 g/mol. The molecule has 1 aliphatic carbocycles. The van der Waals surface area contributed by atoms with Crippen LogP contribution in [0.3, 0.4) is 0 Å². The number of nitrogen functional groups attached to an aromatic ring is 1. The van der Waals surface area contributed by atoms with Crippen molar-refractivity contribution in [2.75, 3.05) is 13.2 Å². The second-order valence-electron chi connectivity index (χ2n) is 5.13. The van der Waals surface area contributed by atoms with Crippen molar-refractivity contribution >= 4 is 5.91 Å². The Balaban J connectivity index is 1.74. The first kappa shape index (κ1) is 12.7. The summed E-state index contributed by atoms with van der Waals surface area (Å²) in [5, 5.41) is 0. The molecular formula is C13H19N3O3. The van der Waals surface area contributed by atoms with Crippen LogP contribution in [0.1, 0.15) is 35.4 Å². The number of hydrogen-bond donors (Lipinski definition) is 2. The summed E-state index contributed by atoms with van der Waals surface area (Å²) in [6.07, 6.45) is 5.41. The van der Waals surface area contributed by atoms with Gasteiger partial charge in [-0.25, -0.2) is 5.84 Å². The maximum Gasteiger partial charge on any atom is 0.301 e. The molecule has 19 heavy (non-hydrogen) atoms. The fourth-order valence-corrected chi connectivity index (χ4v) is 3.15. The molecule has 1 saturated heterocycles. The van der Waals surface area contributed by atoms with Crippen molar-refractivity contribution in [1.29, 1.82) is 0 Å². The normalized spacial score (nSPS) is 27.2. The molecule has 0 aromatic carbocycles. The third-order valence-corrected chi connectivity index (χ3v) is 4.05. The Kier molecular flexibility index (Phi) is 3.54. The van der Waals surface area contributed by atoms with Gasteiger partial charge in [0.25, 0.3) is 0 Å². The SMILES string of the molecule is NNC(=O)c1occc1CN1CCOC2CCCC21. The lowest BCUT2D eigenvalue weighted by Crippen LogP contribution is -2.48. The number of carbonyl (C=O) groups excluding carboxylic acids is 1. The summed E-state index contributed by atoms with van der Waals surface area (Å²) < 4.78 is 11.0. The quantitative estimate of drug-likeness (QED) is 0.476. The molecule has 6 heteroatoms. The fourth-order valence-electron chi connectivity index (χ4n) is 3.15. The zero-order valence-corrected chi connectivity index (χ0v) is 10.8. The zero-order valence-electron chi connectivity index (χ0n) is 10.8. The summed E-state index contributed by atoms with van der Waals surface area (Å²) in [4.78, 5) is 14.0. The molecule has 1 amide bonds. The minimum Gasteiger partial charge on any atom is -0.459 e. The van der Waals surface area contributed by atoms with E-state index in [9.17, 15) is 4.79 Å². The number of ether oxygens (including phenoxy) is 1. The Bertz CT molecular complexity index is 460. The van der Waals surface area contributed by atoms with E-state index in [2.05, 4.69) is 10.3 Å². The first-order chi connectivity index (χ1) is 9.29. The highest BCUT2D eigenvalue weighted by Gasteiger charge is 2.36. The number of morpholine rings is 1. The molecule has 3 rings (SSSR count). The number of nitrogens with zero attached hydrogens (tertiary/aromatic N) is 1. The molecule has 2 unspecified atom stereocenters. The number of furan rings is 1. The number of amides is 1. The summed E-state index contributed by atoms with van der Waals surface area (Å²) in [6, 6.07) is 2.31. The van der Waals surface area contributed by atoms with Gasteiger partial charge in [-0.05, 0) is 25.3 Å². The Morgan fingerprint density at radius 3 is 3.26 bits per heavy atom. The van der Waals surface area contributed by atoms with Crippen LogP contribution in [-0.2, 0) is 11.3 Å². The van der Waals surface area contributed by atoms with Gasteiger partial charge in [0.05, 0.1) is 19.0 Å². The van der Waals surface area contributed by atoms with Crippen LogP contribution < -0.4 is 11.3 Å². The van der Waals surface area contributed by atoms with E-state index >= 15 is 0 Å². The molecule has 2 heterocycles. The zero-order chi connectivity index (χ0) is 13.2. The molecule has 6 nitrogen and oxygen atoms in total. The maximum atomic E-state index is 11.6. The first-order valence-corrected chi connectivity index (χ1v) is 6.72. The summed E-state index contributed by atoms with van der Waals surface area (Å²) in [7, 11) is 0. The molecule has 0 radical (unpaired) electrons. The van der Waals surface area contributed by atoms with E-state index in [0.29, 0.717) is 24.5 Å². The maximum absolute atomic E-state index is 11.6. The van der Waals surface area contributed by atoms with Crippen molar-refractivity contribution < 1.29 is 13.9 Å². The number of nitrogens with one attached hydrogen (secondary N) is 1. The number of carbonyl (C=O) groups is 1. The van der Waals surface area contributed by atoms with E-state index in [4.69, 9.17) is 15.0 Å². The van der Waals surface area contributed by atoms with Crippen LogP contribution in [0.5, 0.6) is 0 Å². The van der Waals surface area contributed by atoms with Crippen LogP contribution >= 0.6 is 0 Å². The van der Waals surface area contributed by atoms with Crippen molar-refractivity contribution in [2.45, 2.75) is 38.0 Å². The van der Waals surface area contributed by atoms with Gasteiger partial charge in [-0.3, -0.25) is 15.1 Å². The number of nitrogens with two attached hydrogens (primary N) is 1. The average Bonchev–Trinajstić information content (AvgIpc) is 3.06. The van der Waals surface area contributed by atoms with Crippen molar-refractivity contribution in [3.05, 3.63) is 23.7 Å². The lowest BCUT2D eigenvalue weighted by atomic mass is 10.1. The molecule has 104 valence electrons.